The first kappa shape index (κ1) is 18.8. The summed E-state index contributed by atoms with van der Waals surface area (Å²) in [7, 11) is 1.65. The summed E-state index contributed by atoms with van der Waals surface area (Å²) >= 11 is 0. The van der Waals surface area contributed by atoms with Crippen molar-refractivity contribution in [2.75, 3.05) is 53.1 Å². The molecule has 1 saturated heterocycles. The molecule has 0 bridgehead atoms. The summed E-state index contributed by atoms with van der Waals surface area (Å²) < 4.78 is 10.3. The van der Waals surface area contributed by atoms with E-state index in [1.807, 2.05) is 0 Å². The molecule has 0 aliphatic carbocycles. The van der Waals surface area contributed by atoms with Crippen LogP contribution in [-0.2, 0) is 9.47 Å². The third-order valence-electron chi connectivity index (χ3n) is 3.74. The molecule has 0 aromatic heterocycles. The molecule has 126 valence electrons. The second kappa shape index (κ2) is 9.74. The minimum atomic E-state index is -0.406. The van der Waals surface area contributed by atoms with Gasteiger partial charge in [0.2, 0.25) is 0 Å². The average Bonchev–Trinajstić information content (AvgIpc) is 2.41. The second-order valence-corrected chi connectivity index (χ2v) is 7.12. The van der Waals surface area contributed by atoms with Gasteiger partial charge in [0.25, 0.3) is 0 Å². The van der Waals surface area contributed by atoms with Crippen LogP contribution in [0.3, 0.4) is 0 Å². The molecule has 0 radical (unpaired) electrons. The van der Waals surface area contributed by atoms with E-state index in [9.17, 15) is 5.11 Å². The van der Waals surface area contributed by atoms with Gasteiger partial charge in [-0.05, 0) is 52.6 Å². The van der Waals surface area contributed by atoms with E-state index in [-0.39, 0.29) is 5.54 Å². The van der Waals surface area contributed by atoms with Crippen LogP contribution in [0.1, 0.15) is 33.6 Å². The Morgan fingerprint density at radius 1 is 1.33 bits per heavy atom. The number of nitrogens with zero attached hydrogens (tertiary/aromatic N) is 1. The minimum absolute atomic E-state index is 0.178. The molecule has 1 rings (SSSR count). The van der Waals surface area contributed by atoms with Crippen LogP contribution >= 0.6 is 0 Å². The number of hydrogen-bond donors (Lipinski definition) is 2. The number of likely N-dealkylation sites (tertiary alicyclic amines) is 1. The van der Waals surface area contributed by atoms with E-state index in [0.717, 1.165) is 19.6 Å². The van der Waals surface area contributed by atoms with Crippen LogP contribution in [0.25, 0.3) is 0 Å². The summed E-state index contributed by atoms with van der Waals surface area (Å²) in [6, 6.07) is 0. The van der Waals surface area contributed by atoms with Crippen LogP contribution < -0.4 is 5.32 Å². The largest absolute Gasteiger partial charge is 0.389 e. The molecule has 5 heteroatoms. The van der Waals surface area contributed by atoms with Crippen molar-refractivity contribution in [3.8, 4) is 0 Å². The van der Waals surface area contributed by atoms with Crippen molar-refractivity contribution in [3.63, 3.8) is 0 Å². The zero-order valence-corrected chi connectivity index (χ0v) is 14.2. The van der Waals surface area contributed by atoms with E-state index in [0.29, 0.717) is 32.3 Å². The van der Waals surface area contributed by atoms with E-state index in [2.05, 4.69) is 31.0 Å². The highest BCUT2D eigenvalue weighted by molar-refractivity contribution is 4.79. The quantitative estimate of drug-likeness (QED) is 0.625. The first-order chi connectivity index (χ1) is 9.90. The summed E-state index contributed by atoms with van der Waals surface area (Å²) in [5.41, 5.74) is 0.178. The van der Waals surface area contributed by atoms with Crippen molar-refractivity contribution in [1.29, 1.82) is 0 Å². The van der Waals surface area contributed by atoms with Crippen molar-refractivity contribution in [1.82, 2.24) is 10.2 Å². The molecule has 2 N–H and O–H groups in total. The molecule has 1 fully saturated rings. The molecule has 2 unspecified atom stereocenters. The predicted molar refractivity (Wildman–Crippen MR) is 85.6 cm³/mol. The van der Waals surface area contributed by atoms with Crippen LogP contribution in [0.15, 0.2) is 0 Å². The Bertz CT molecular complexity index is 269. The molecule has 5 nitrogen and oxygen atoms in total. The molecular weight excluding hydrogens is 268 g/mol. The highest BCUT2D eigenvalue weighted by Crippen LogP contribution is 2.17. The van der Waals surface area contributed by atoms with E-state index in [4.69, 9.17) is 9.47 Å². The van der Waals surface area contributed by atoms with E-state index in [1.165, 1.54) is 12.8 Å². The number of piperidine rings is 1. The monoisotopic (exact) mass is 302 g/mol. The highest BCUT2D eigenvalue weighted by Gasteiger charge is 2.23. The number of aliphatic hydroxyl groups excluding tert-OH is 1. The fraction of sp³-hybridized carbons (Fsp3) is 1.00. The molecule has 2 atom stereocenters. The lowest BCUT2D eigenvalue weighted by Gasteiger charge is -2.35. The molecule has 21 heavy (non-hydrogen) atoms. The fourth-order valence-corrected chi connectivity index (χ4v) is 2.65. The Kier molecular flexibility index (Phi) is 8.74. The van der Waals surface area contributed by atoms with Gasteiger partial charge in [0.1, 0.15) is 0 Å². The number of hydrogen-bond acceptors (Lipinski definition) is 5. The van der Waals surface area contributed by atoms with E-state index >= 15 is 0 Å². The number of rotatable bonds is 9. The lowest BCUT2D eigenvalue weighted by Crippen LogP contribution is -2.46. The normalized spacial score (nSPS) is 22.4. The van der Waals surface area contributed by atoms with Crippen LogP contribution in [-0.4, -0.2) is 74.8 Å². The van der Waals surface area contributed by atoms with Gasteiger partial charge in [-0.25, -0.2) is 0 Å². The zero-order valence-electron chi connectivity index (χ0n) is 14.2. The lowest BCUT2D eigenvalue weighted by molar-refractivity contribution is -0.00586. The van der Waals surface area contributed by atoms with Crippen molar-refractivity contribution in [2.24, 2.45) is 5.92 Å². The SMILES string of the molecule is COCCOCC(O)CN1CCCC(CNC(C)(C)C)C1. The van der Waals surface area contributed by atoms with Crippen LogP contribution in [0.4, 0.5) is 0 Å². The molecule has 1 aliphatic heterocycles. The highest BCUT2D eigenvalue weighted by atomic mass is 16.5. The molecule has 0 spiro atoms. The van der Waals surface area contributed by atoms with Crippen LogP contribution in [0, 0.1) is 5.92 Å². The standard InChI is InChI=1S/C16H34N2O3/c1-16(2,3)17-10-14-6-5-7-18(11-14)12-15(19)13-21-9-8-20-4/h14-15,17,19H,5-13H2,1-4H3. The molecule has 0 amide bonds. The van der Waals surface area contributed by atoms with Crippen molar-refractivity contribution in [2.45, 2.75) is 45.3 Å². The number of aliphatic hydroxyl groups is 1. The number of β-amino-alcohol motifs (C(OH)–C–C–N with tert-alkyl or cyclic N) is 1. The molecule has 1 heterocycles. The van der Waals surface area contributed by atoms with E-state index < -0.39 is 6.10 Å². The topological polar surface area (TPSA) is 54.0 Å². The molecule has 0 saturated carbocycles. The molecule has 1 aliphatic rings. The Labute approximate surface area is 130 Å². The van der Waals surface area contributed by atoms with Gasteiger partial charge in [-0.1, -0.05) is 0 Å². The first-order valence-electron chi connectivity index (χ1n) is 8.13. The Hall–Kier alpha value is -0.200. The summed E-state index contributed by atoms with van der Waals surface area (Å²) in [5, 5.41) is 13.6. The third kappa shape index (κ3) is 9.42. The van der Waals surface area contributed by atoms with Gasteiger partial charge in [-0.2, -0.15) is 0 Å². The van der Waals surface area contributed by atoms with Crippen molar-refractivity contribution in [3.05, 3.63) is 0 Å². The van der Waals surface area contributed by atoms with Gasteiger partial charge in [-0.15, -0.1) is 0 Å². The Morgan fingerprint density at radius 2 is 2.10 bits per heavy atom. The van der Waals surface area contributed by atoms with Gasteiger partial charge < -0.3 is 24.8 Å². The van der Waals surface area contributed by atoms with Crippen LogP contribution in [0.2, 0.25) is 0 Å². The summed E-state index contributed by atoms with van der Waals surface area (Å²) in [4.78, 5) is 2.36. The van der Waals surface area contributed by atoms with Crippen LogP contribution in [0.5, 0.6) is 0 Å². The van der Waals surface area contributed by atoms with E-state index in [1.54, 1.807) is 7.11 Å². The maximum Gasteiger partial charge on any atom is 0.0900 e. The Balaban J connectivity index is 2.19. The summed E-state index contributed by atoms with van der Waals surface area (Å²) in [5.74, 6) is 0.680. The van der Waals surface area contributed by atoms with Gasteiger partial charge in [0, 0.05) is 25.7 Å². The van der Waals surface area contributed by atoms with Gasteiger partial charge in [0.15, 0.2) is 0 Å². The Morgan fingerprint density at radius 3 is 2.76 bits per heavy atom. The van der Waals surface area contributed by atoms with Crippen molar-refractivity contribution < 1.29 is 14.6 Å². The second-order valence-electron chi connectivity index (χ2n) is 7.12. The van der Waals surface area contributed by atoms with Crippen molar-refractivity contribution >= 4 is 0 Å². The van der Waals surface area contributed by atoms with Gasteiger partial charge in [-0.3, -0.25) is 0 Å². The number of nitrogens with one attached hydrogen (secondary N) is 1. The lowest BCUT2D eigenvalue weighted by atomic mass is 9.96. The summed E-state index contributed by atoms with van der Waals surface area (Å²) in [6.45, 7) is 12.0. The third-order valence-corrected chi connectivity index (χ3v) is 3.74. The zero-order chi connectivity index (χ0) is 15.7. The number of methoxy groups -OCH3 is 1. The van der Waals surface area contributed by atoms with Gasteiger partial charge in [0.05, 0.1) is 25.9 Å². The molecule has 0 aromatic carbocycles. The predicted octanol–water partition coefficient (Wildman–Crippen LogP) is 1.11. The maximum absolute atomic E-state index is 10.0. The van der Waals surface area contributed by atoms with Gasteiger partial charge >= 0.3 is 0 Å². The fourth-order valence-electron chi connectivity index (χ4n) is 2.65. The smallest absolute Gasteiger partial charge is 0.0900 e. The summed E-state index contributed by atoms with van der Waals surface area (Å²) in [6.07, 6.45) is 2.09. The molecule has 0 aromatic rings. The minimum Gasteiger partial charge on any atom is -0.389 e. The first-order valence-corrected chi connectivity index (χ1v) is 8.13. The average molecular weight is 302 g/mol. The maximum atomic E-state index is 10.0. The number of ether oxygens (including phenoxy) is 2. The molecular formula is C16H34N2O3.